The van der Waals surface area contributed by atoms with Gasteiger partial charge >= 0.3 is 0 Å². The summed E-state index contributed by atoms with van der Waals surface area (Å²) in [5.41, 5.74) is 15.9. The van der Waals surface area contributed by atoms with Crippen LogP contribution in [0.3, 0.4) is 0 Å². The Bertz CT molecular complexity index is 5100. The molecule has 0 saturated heterocycles. The van der Waals surface area contributed by atoms with Crippen molar-refractivity contribution in [1.29, 1.82) is 0 Å². The highest BCUT2D eigenvalue weighted by Crippen LogP contribution is 2.42. The van der Waals surface area contributed by atoms with E-state index in [4.69, 9.17) is 9.47 Å². The second-order valence-electron chi connectivity index (χ2n) is 25.1. The molecule has 450 valence electrons. The van der Waals surface area contributed by atoms with Gasteiger partial charge in [-0.05, 0) is 114 Å². The molecule has 2 nitrogen and oxygen atoms in total. The number of ether oxygens (including phenoxy) is 2. The van der Waals surface area contributed by atoms with Gasteiger partial charge in [-0.1, -0.05) is 387 Å². The Labute approximate surface area is 565 Å². The van der Waals surface area contributed by atoms with Crippen molar-refractivity contribution in [3.8, 4) is 67.5 Å². The lowest BCUT2D eigenvalue weighted by atomic mass is 9.34. The van der Waals surface area contributed by atoms with Gasteiger partial charge in [0.05, 0.1) is 0 Å². The summed E-state index contributed by atoms with van der Waals surface area (Å²) >= 11 is 0. The van der Waals surface area contributed by atoms with E-state index in [9.17, 15) is 0 Å². The molecule has 0 saturated carbocycles. The molecule has 0 N–H and O–H groups in total. The first-order valence-corrected chi connectivity index (χ1v) is 37.3. The largest absolute Gasteiger partial charge is 0.459 e. The third-order valence-corrected chi connectivity index (χ3v) is 29.7. The molecular weight excluding hydrogens is 1190 g/mol. The first kappa shape index (κ1) is 58.3. The van der Waals surface area contributed by atoms with Crippen molar-refractivity contribution in [2.45, 2.75) is 0 Å². The summed E-state index contributed by atoms with van der Waals surface area (Å²) in [6.07, 6.45) is 0. The predicted octanol–water partition coefficient (Wildman–Crippen LogP) is 12.4. The number of benzene rings is 15. The molecule has 0 amide bonds. The summed E-state index contributed by atoms with van der Waals surface area (Å²) in [6, 6.07) is 144. The summed E-state index contributed by atoms with van der Waals surface area (Å²) in [4.78, 5) is 0. The Balaban J connectivity index is 0.901. The quantitative estimate of drug-likeness (QED) is 0.0798. The van der Waals surface area contributed by atoms with E-state index in [1.807, 2.05) is 0 Å². The maximum Gasteiger partial charge on any atom is 0.252 e. The van der Waals surface area contributed by atoms with Crippen LogP contribution >= 0.6 is 0 Å². The first-order chi connectivity index (χ1) is 47.7. The van der Waals surface area contributed by atoms with Crippen LogP contribution < -0.4 is 83.7 Å². The lowest BCUT2D eigenvalue weighted by Gasteiger charge is -2.38. The molecule has 6 heteroatoms. The van der Waals surface area contributed by atoms with Crippen molar-refractivity contribution in [3.05, 3.63) is 388 Å². The van der Waals surface area contributed by atoms with E-state index >= 15 is 0 Å². The number of rotatable bonds is 14. The van der Waals surface area contributed by atoms with Crippen LogP contribution in [0.1, 0.15) is 0 Å². The summed E-state index contributed by atoms with van der Waals surface area (Å²) in [5.74, 6) is 3.45. The van der Waals surface area contributed by atoms with Crippen LogP contribution in [0, 0.1) is 0 Å². The molecular formula is C90H64B2O2Si2. The average molecular weight is 1260 g/mol. The van der Waals surface area contributed by atoms with Gasteiger partial charge in [0.1, 0.15) is 23.0 Å². The molecule has 2 heterocycles. The van der Waals surface area contributed by atoms with Gasteiger partial charge < -0.3 is 9.47 Å². The van der Waals surface area contributed by atoms with Crippen LogP contribution in [0.4, 0.5) is 0 Å². The molecule has 0 aromatic heterocycles. The van der Waals surface area contributed by atoms with Gasteiger partial charge in [-0.15, -0.1) is 0 Å². The van der Waals surface area contributed by atoms with Crippen LogP contribution in [-0.4, -0.2) is 29.6 Å². The Hall–Kier alpha value is -11.5. The van der Waals surface area contributed by atoms with E-state index in [0.717, 1.165) is 78.2 Å². The van der Waals surface area contributed by atoms with Crippen molar-refractivity contribution < 1.29 is 9.47 Å². The maximum atomic E-state index is 7.64. The molecule has 17 rings (SSSR count). The van der Waals surface area contributed by atoms with E-state index in [1.54, 1.807) is 0 Å². The van der Waals surface area contributed by atoms with E-state index in [1.165, 1.54) is 63.5 Å². The third-order valence-electron chi connectivity index (χ3n) is 20.1. The fourth-order valence-corrected chi connectivity index (χ4v) is 25.8. The van der Waals surface area contributed by atoms with Crippen molar-refractivity contribution in [1.82, 2.24) is 0 Å². The molecule has 0 aliphatic carbocycles. The predicted molar refractivity (Wildman–Crippen MR) is 411 cm³/mol. The van der Waals surface area contributed by atoms with Gasteiger partial charge in [-0.2, -0.15) is 0 Å². The minimum absolute atomic E-state index is 0.191. The fraction of sp³-hybridized carbons (Fsp3) is 0. The molecule has 15 aromatic rings. The van der Waals surface area contributed by atoms with Gasteiger partial charge in [-0.3, -0.25) is 0 Å². The van der Waals surface area contributed by atoms with Crippen molar-refractivity contribution in [2.24, 2.45) is 0 Å². The standard InChI is InChI=1S/C90H64B2O2Si2/c1-9-34-65(35-10-1)76-62-63-77(87(66-36-11-2-12-37-66)88(76)92-81-56-28-30-60-85(81)94-90-83(92)58-33-61-86(90)96(71-45-19-6-20-46-71,72-47-21-7-22-48-72)73-49-23-8-24-50-73)78-53-32-57-82-89(78)93-84-59-29-27-55-80(84)91(82)79-54-26-25-52-75(79)67-38-31-51-74(64-67)95(68-39-13-3-14-40-68,69-41-15-4-16-42-69)70-43-17-5-18-44-70/h1-64H. The number of fused-ring (bicyclic) bond motifs is 4. The van der Waals surface area contributed by atoms with E-state index < -0.39 is 16.1 Å². The first-order valence-electron chi connectivity index (χ1n) is 33.3. The van der Waals surface area contributed by atoms with E-state index in [2.05, 4.69) is 388 Å². The Morgan fingerprint density at radius 3 is 1.09 bits per heavy atom. The van der Waals surface area contributed by atoms with E-state index in [-0.39, 0.29) is 13.4 Å². The van der Waals surface area contributed by atoms with Gasteiger partial charge in [0.15, 0.2) is 16.1 Å². The Morgan fingerprint density at radius 1 is 0.208 bits per heavy atom. The SMILES string of the molecule is c1ccc(-c2ccc(-c3cccc4c3Oc3ccccc3B4c3ccccc3-c3cccc([Si](c4ccccc4)(c4ccccc4)c4ccccc4)c3)c(-c3ccccc3)c2B2c3ccccc3Oc3c2cccc3[Si](c2ccccc2)(c2ccccc2)c2ccccc2)cc1. The summed E-state index contributed by atoms with van der Waals surface area (Å²) in [5, 5.41) is 10.4. The average Bonchev–Trinajstić information content (AvgIpc) is 0.721. The van der Waals surface area contributed by atoms with Gasteiger partial charge in [-0.25, -0.2) is 0 Å². The lowest BCUT2D eigenvalue weighted by molar-refractivity contribution is 0.489. The van der Waals surface area contributed by atoms with Crippen molar-refractivity contribution in [3.63, 3.8) is 0 Å². The molecule has 0 unspecified atom stereocenters. The molecule has 15 aromatic carbocycles. The van der Waals surface area contributed by atoms with Crippen LogP contribution in [0.2, 0.25) is 0 Å². The second-order valence-corrected chi connectivity index (χ2v) is 32.7. The molecule has 2 aliphatic rings. The fourth-order valence-electron chi connectivity index (χ4n) is 16.1. The topological polar surface area (TPSA) is 18.5 Å². The summed E-state index contributed by atoms with van der Waals surface area (Å²) in [6.45, 7) is -0.489. The molecule has 0 fully saturated rings. The lowest BCUT2D eigenvalue weighted by Crippen LogP contribution is -2.75. The minimum atomic E-state index is -3.15. The Morgan fingerprint density at radius 2 is 0.562 bits per heavy atom. The maximum absolute atomic E-state index is 7.64. The van der Waals surface area contributed by atoms with Gasteiger partial charge in [0, 0.05) is 5.56 Å². The van der Waals surface area contributed by atoms with Gasteiger partial charge in [0.25, 0.3) is 13.4 Å². The highest BCUT2D eigenvalue weighted by atomic mass is 28.3. The second kappa shape index (κ2) is 25.1. The van der Waals surface area contributed by atoms with E-state index in [0.29, 0.717) is 0 Å². The number of hydrogen-bond acceptors (Lipinski definition) is 2. The van der Waals surface area contributed by atoms with Crippen molar-refractivity contribution >= 4 is 104 Å². The smallest absolute Gasteiger partial charge is 0.252 e. The normalized spacial score (nSPS) is 12.3. The van der Waals surface area contributed by atoms with Crippen molar-refractivity contribution in [2.75, 3.05) is 0 Å². The highest BCUT2D eigenvalue weighted by Gasteiger charge is 2.48. The summed E-state index contributed by atoms with van der Waals surface area (Å²) < 4.78 is 15.2. The zero-order chi connectivity index (χ0) is 63.8. The highest BCUT2D eigenvalue weighted by molar-refractivity contribution is 7.21. The molecule has 0 bridgehead atoms. The Kier molecular flexibility index (Phi) is 15.2. The summed E-state index contributed by atoms with van der Waals surface area (Å²) in [7, 11) is -6.03. The molecule has 0 spiro atoms. The molecule has 0 radical (unpaired) electrons. The zero-order valence-corrected chi connectivity index (χ0v) is 54.9. The van der Waals surface area contributed by atoms with Crippen LogP contribution in [-0.2, 0) is 0 Å². The van der Waals surface area contributed by atoms with Crippen LogP contribution in [0.25, 0.3) is 44.5 Å². The number of hydrogen-bond donors (Lipinski definition) is 0. The van der Waals surface area contributed by atoms with Crippen LogP contribution in [0.5, 0.6) is 23.0 Å². The molecule has 96 heavy (non-hydrogen) atoms. The van der Waals surface area contributed by atoms with Gasteiger partial charge in [0.2, 0.25) is 0 Å². The monoisotopic (exact) mass is 1250 g/mol. The molecule has 0 atom stereocenters. The van der Waals surface area contributed by atoms with Crippen LogP contribution in [0.15, 0.2) is 388 Å². The third kappa shape index (κ3) is 9.79. The zero-order valence-electron chi connectivity index (χ0n) is 52.9. The minimum Gasteiger partial charge on any atom is -0.459 e. The number of para-hydroxylation sites is 4. The molecule has 2 aliphatic heterocycles.